The Morgan fingerprint density at radius 2 is 2.04 bits per heavy atom. The van der Waals surface area contributed by atoms with E-state index in [2.05, 4.69) is 9.97 Å². The van der Waals surface area contributed by atoms with Crippen molar-refractivity contribution in [2.45, 2.75) is 20.8 Å². The highest BCUT2D eigenvalue weighted by atomic mass is 32.1. The summed E-state index contributed by atoms with van der Waals surface area (Å²) in [5.41, 5.74) is 0.565. The number of thiophene rings is 2. The van der Waals surface area contributed by atoms with Gasteiger partial charge in [0.05, 0.1) is 10.3 Å². The molecule has 3 rings (SSSR count). The summed E-state index contributed by atoms with van der Waals surface area (Å²) in [4.78, 5) is 22.5. The number of nitriles is 1. The number of aliphatic hydroxyl groups excluding tert-OH is 1. The summed E-state index contributed by atoms with van der Waals surface area (Å²) in [6.45, 7) is 5.71. The number of rotatable bonds is 2. The molecule has 3 aromatic heterocycles. The zero-order valence-corrected chi connectivity index (χ0v) is 14.4. The highest BCUT2D eigenvalue weighted by Gasteiger charge is 2.18. The predicted molar refractivity (Wildman–Crippen MR) is 93.8 cm³/mol. The fourth-order valence-electron chi connectivity index (χ4n) is 2.28. The lowest BCUT2D eigenvalue weighted by molar-refractivity contribution is 0.516. The van der Waals surface area contributed by atoms with Crippen LogP contribution in [0.1, 0.15) is 26.0 Å². The molecule has 23 heavy (non-hydrogen) atoms. The molecule has 0 saturated carbocycles. The van der Waals surface area contributed by atoms with Gasteiger partial charge in [-0.3, -0.25) is 4.79 Å². The molecule has 116 valence electrons. The van der Waals surface area contributed by atoms with Crippen LogP contribution >= 0.6 is 22.7 Å². The third-order valence-electron chi connectivity index (χ3n) is 3.60. The SMILES string of the molecule is Cc1ccc(C(O)=C(C#N)c2nc3sc(C)c(C)c3c(=O)[nH]2)s1. The van der Waals surface area contributed by atoms with E-state index >= 15 is 0 Å². The average Bonchev–Trinajstić information content (AvgIpc) is 3.04. The summed E-state index contributed by atoms with van der Waals surface area (Å²) in [6, 6.07) is 5.54. The van der Waals surface area contributed by atoms with E-state index in [0.29, 0.717) is 15.1 Å². The van der Waals surface area contributed by atoms with E-state index in [1.807, 2.05) is 32.9 Å². The molecule has 0 aliphatic carbocycles. The van der Waals surface area contributed by atoms with E-state index in [1.165, 1.54) is 22.7 Å². The number of aromatic amines is 1. The summed E-state index contributed by atoms with van der Waals surface area (Å²) in [6.07, 6.45) is 0. The maximum Gasteiger partial charge on any atom is 0.260 e. The van der Waals surface area contributed by atoms with Crippen LogP contribution in [0.4, 0.5) is 0 Å². The van der Waals surface area contributed by atoms with Crippen LogP contribution in [-0.2, 0) is 0 Å². The number of aryl methyl sites for hydroxylation is 3. The molecule has 0 bridgehead atoms. The van der Waals surface area contributed by atoms with Crippen LogP contribution in [0.25, 0.3) is 21.5 Å². The lowest BCUT2D eigenvalue weighted by atomic mass is 10.2. The fourth-order valence-corrected chi connectivity index (χ4v) is 4.12. The fraction of sp³-hybridized carbons (Fsp3) is 0.188. The molecule has 0 aliphatic heterocycles. The first kappa shape index (κ1) is 15.5. The second kappa shape index (κ2) is 5.65. The predicted octanol–water partition coefficient (Wildman–Crippen LogP) is 3.92. The third-order valence-corrected chi connectivity index (χ3v) is 5.71. The van der Waals surface area contributed by atoms with Crippen molar-refractivity contribution in [2.24, 2.45) is 0 Å². The largest absolute Gasteiger partial charge is 0.505 e. The lowest BCUT2D eigenvalue weighted by Crippen LogP contribution is -2.11. The van der Waals surface area contributed by atoms with Crippen molar-refractivity contribution in [2.75, 3.05) is 0 Å². The zero-order valence-electron chi connectivity index (χ0n) is 12.7. The monoisotopic (exact) mass is 343 g/mol. The summed E-state index contributed by atoms with van der Waals surface area (Å²) in [5.74, 6) is -0.0760. The maximum atomic E-state index is 12.3. The molecule has 3 heterocycles. The van der Waals surface area contributed by atoms with Gasteiger partial charge in [-0.25, -0.2) is 4.98 Å². The van der Waals surface area contributed by atoms with Gasteiger partial charge >= 0.3 is 0 Å². The zero-order chi connectivity index (χ0) is 16.7. The Balaban J connectivity index is 2.26. The topological polar surface area (TPSA) is 89.8 Å². The van der Waals surface area contributed by atoms with Crippen LogP contribution in [0.3, 0.4) is 0 Å². The molecule has 0 saturated heterocycles. The third kappa shape index (κ3) is 2.56. The molecule has 0 unspecified atom stereocenters. The number of nitrogens with one attached hydrogen (secondary N) is 1. The Bertz CT molecular complexity index is 1050. The highest BCUT2D eigenvalue weighted by molar-refractivity contribution is 7.18. The van der Waals surface area contributed by atoms with Gasteiger partial charge in [0, 0.05) is 9.75 Å². The number of nitrogens with zero attached hydrogens (tertiary/aromatic N) is 2. The molecule has 5 nitrogen and oxygen atoms in total. The van der Waals surface area contributed by atoms with E-state index in [9.17, 15) is 15.2 Å². The van der Waals surface area contributed by atoms with Gasteiger partial charge in [-0.2, -0.15) is 5.26 Å². The number of fused-ring (bicyclic) bond motifs is 1. The molecule has 0 atom stereocenters. The van der Waals surface area contributed by atoms with Crippen molar-refractivity contribution in [1.29, 1.82) is 5.26 Å². The van der Waals surface area contributed by atoms with Gasteiger partial charge in [-0.1, -0.05) is 0 Å². The smallest absolute Gasteiger partial charge is 0.260 e. The molecule has 0 aliphatic rings. The first-order valence-corrected chi connectivity index (χ1v) is 8.46. The van der Waals surface area contributed by atoms with Gasteiger partial charge in [0.15, 0.2) is 11.6 Å². The van der Waals surface area contributed by atoms with Gasteiger partial charge in [0.25, 0.3) is 5.56 Å². The number of hydrogen-bond donors (Lipinski definition) is 2. The van der Waals surface area contributed by atoms with Gasteiger partial charge in [0.1, 0.15) is 16.5 Å². The van der Waals surface area contributed by atoms with E-state index in [0.717, 1.165) is 15.3 Å². The number of hydrogen-bond acceptors (Lipinski definition) is 6. The molecule has 0 fully saturated rings. The van der Waals surface area contributed by atoms with Crippen molar-refractivity contribution in [3.63, 3.8) is 0 Å². The quantitative estimate of drug-likeness (QED) is 0.545. The van der Waals surface area contributed by atoms with Gasteiger partial charge in [0.2, 0.25) is 0 Å². The number of aliphatic hydroxyl groups is 1. The Kier molecular flexibility index (Phi) is 3.80. The molecule has 7 heteroatoms. The lowest BCUT2D eigenvalue weighted by Gasteiger charge is -2.02. The molecule has 0 spiro atoms. The summed E-state index contributed by atoms with van der Waals surface area (Å²) in [7, 11) is 0. The first-order chi connectivity index (χ1) is 10.9. The van der Waals surface area contributed by atoms with Crippen molar-refractivity contribution < 1.29 is 5.11 Å². The molecule has 0 amide bonds. The van der Waals surface area contributed by atoms with Crippen molar-refractivity contribution in [3.8, 4) is 6.07 Å². The van der Waals surface area contributed by atoms with Crippen molar-refractivity contribution in [3.05, 3.63) is 48.5 Å². The normalized spacial score (nSPS) is 12.3. The Hall–Kier alpha value is -2.43. The molecule has 0 radical (unpaired) electrons. The van der Waals surface area contributed by atoms with Crippen LogP contribution < -0.4 is 5.56 Å². The van der Waals surface area contributed by atoms with E-state index in [4.69, 9.17) is 0 Å². The summed E-state index contributed by atoms with van der Waals surface area (Å²) in [5, 5.41) is 20.3. The van der Waals surface area contributed by atoms with Crippen LogP contribution in [0.5, 0.6) is 0 Å². The Morgan fingerprint density at radius 1 is 1.30 bits per heavy atom. The minimum absolute atomic E-state index is 0.0328. The van der Waals surface area contributed by atoms with Crippen LogP contribution in [-0.4, -0.2) is 15.1 Å². The second-order valence-corrected chi connectivity index (χ2v) is 7.61. The Morgan fingerprint density at radius 3 is 2.65 bits per heavy atom. The molecular formula is C16H13N3O2S2. The molecule has 0 aromatic carbocycles. The van der Waals surface area contributed by atoms with Gasteiger partial charge < -0.3 is 10.1 Å². The maximum absolute atomic E-state index is 12.3. The van der Waals surface area contributed by atoms with Gasteiger partial charge in [-0.15, -0.1) is 22.7 Å². The van der Waals surface area contributed by atoms with Crippen molar-refractivity contribution in [1.82, 2.24) is 9.97 Å². The van der Waals surface area contributed by atoms with E-state index in [-0.39, 0.29) is 22.7 Å². The van der Waals surface area contributed by atoms with Crippen LogP contribution in [0.2, 0.25) is 0 Å². The molecule has 2 N–H and O–H groups in total. The standard InChI is InChI=1S/C16H13N3O2S2/c1-7-4-5-11(22-7)13(20)10(6-17)14-18-15(21)12-8(2)9(3)23-16(12)19-14/h4-5,20H,1-3H3,(H,18,19,21). The average molecular weight is 343 g/mol. The van der Waals surface area contributed by atoms with E-state index < -0.39 is 0 Å². The summed E-state index contributed by atoms with van der Waals surface area (Å²) < 4.78 is 0. The first-order valence-electron chi connectivity index (χ1n) is 6.83. The van der Waals surface area contributed by atoms with E-state index in [1.54, 1.807) is 6.07 Å². The van der Waals surface area contributed by atoms with Crippen LogP contribution in [0.15, 0.2) is 16.9 Å². The number of allylic oxidation sites excluding steroid dienone is 1. The molecular weight excluding hydrogens is 330 g/mol. The highest BCUT2D eigenvalue weighted by Crippen LogP contribution is 2.30. The molecule has 3 aromatic rings. The minimum atomic E-state index is -0.297. The second-order valence-electron chi connectivity index (χ2n) is 5.12. The Labute approximate surface area is 140 Å². The van der Waals surface area contributed by atoms with Crippen molar-refractivity contribution >= 4 is 44.2 Å². The van der Waals surface area contributed by atoms with Crippen LogP contribution in [0, 0.1) is 32.1 Å². The number of aromatic nitrogens is 2. The summed E-state index contributed by atoms with van der Waals surface area (Å²) >= 11 is 2.78. The minimum Gasteiger partial charge on any atom is -0.505 e. The van der Waals surface area contributed by atoms with Gasteiger partial charge in [-0.05, 0) is 38.5 Å². The number of H-pyrrole nitrogens is 1.